The minimum Gasteiger partial charge on any atom is -0.478 e. The van der Waals surface area contributed by atoms with Gasteiger partial charge < -0.3 is 5.11 Å². The lowest BCUT2D eigenvalue weighted by Gasteiger charge is -2.23. The van der Waals surface area contributed by atoms with Crippen LogP contribution >= 0.6 is 0 Å². The van der Waals surface area contributed by atoms with Gasteiger partial charge >= 0.3 is 5.97 Å². The topological polar surface area (TPSA) is 68.0 Å². The Kier molecular flexibility index (Phi) is 4.92. The van der Waals surface area contributed by atoms with E-state index in [1.54, 1.807) is 6.20 Å². The highest BCUT2D eigenvalue weighted by atomic mass is 16.4. The largest absolute Gasteiger partial charge is 0.478 e. The number of aromatic nitrogens is 3. The molecular weight excluding hydrogens is 338 g/mol. The quantitative estimate of drug-likeness (QED) is 0.697. The van der Waals surface area contributed by atoms with Crippen molar-refractivity contribution in [2.24, 2.45) is 5.92 Å². The first-order chi connectivity index (χ1) is 13.2. The van der Waals surface area contributed by atoms with Crippen molar-refractivity contribution in [2.45, 2.75) is 52.0 Å². The van der Waals surface area contributed by atoms with Crippen molar-refractivity contribution in [3.63, 3.8) is 0 Å². The number of rotatable bonds is 5. The number of hydrogen-bond acceptors (Lipinski definition) is 3. The summed E-state index contributed by atoms with van der Waals surface area (Å²) in [5.74, 6) is -0.366. The fourth-order valence-corrected chi connectivity index (χ4v) is 4.31. The van der Waals surface area contributed by atoms with Crippen LogP contribution in [0.25, 0.3) is 22.3 Å². The molecule has 0 spiro atoms. The molecule has 140 valence electrons. The van der Waals surface area contributed by atoms with E-state index in [0.29, 0.717) is 23.7 Å². The first kappa shape index (κ1) is 17.7. The SMILES string of the molecule is CCn1ncc2c(CC3CCCCC3)c(C(=O)O)c(-c3ccccc3)nc21. The van der Waals surface area contributed by atoms with Crippen molar-refractivity contribution in [1.82, 2.24) is 14.8 Å². The van der Waals surface area contributed by atoms with Crippen molar-refractivity contribution >= 4 is 17.0 Å². The van der Waals surface area contributed by atoms with Crippen LogP contribution in [-0.2, 0) is 13.0 Å². The van der Waals surface area contributed by atoms with Gasteiger partial charge in [-0.25, -0.2) is 14.5 Å². The summed E-state index contributed by atoms with van der Waals surface area (Å²) < 4.78 is 1.86. The highest BCUT2D eigenvalue weighted by Gasteiger charge is 2.26. The molecular formula is C22H25N3O2. The van der Waals surface area contributed by atoms with E-state index in [1.807, 2.05) is 41.9 Å². The Morgan fingerprint density at radius 3 is 2.59 bits per heavy atom. The molecule has 5 heteroatoms. The number of fused-ring (bicyclic) bond motifs is 1. The third-order valence-corrected chi connectivity index (χ3v) is 5.67. The smallest absolute Gasteiger partial charge is 0.338 e. The second-order valence-corrected chi connectivity index (χ2v) is 7.39. The second kappa shape index (κ2) is 7.51. The normalized spacial score (nSPS) is 15.3. The molecule has 0 aliphatic heterocycles. The summed E-state index contributed by atoms with van der Waals surface area (Å²) in [7, 11) is 0. The van der Waals surface area contributed by atoms with Gasteiger partial charge in [-0.1, -0.05) is 62.4 Å². The van der Waals surface area contributed by atoms with Crippen LogP contribution in [0, 0.1) is 5.92 Å². The van der Waals surface area contributed by atoms with Gasteiger partial charge in [0.2, 0.25) is 0 Å². The van der Waals surface area contributed by atoms with Gasteiger partial charge in [0.15, 0.2) is 5.65 Å². The maximum atomic E-state index is 12.3. The molecule has 4 rings (SSSR count). The molecule has 3 aromatic rings. The van der Waals surface area contributed by atoms with Crippen molar-refractivity contribution in [1.29, 1.82) is 0 Å². The molecule has 1 aromatic carbocycles. The Balaban J connectivity index is 1.95. The summed E-state index contributed by atoms with van der Waals surface area (Å²) in [6.45, 7) is 2.74. The Morgan fingerprint density at radius 2 is 1.93 bits per heavy atom. The number of aromatic carboxylic acids is 1. The zero-order valence-corrected chi connectivity index (χ0v) is 15.7. The van der Waals surface area contributed by atoms with Crippen molar-refractivity contribution in [3.05, 3.63) is 47.7 Å². The predicted molar refractivity (Wildman–Crippen MR) is 106 cm³/mol. The van der Waals surface area contributed by atoms with Gasteiger partial charge in [0, 0.05) is 17.5 Å². The number of carboxylic acids is 1. The van der Waals surface area contributed by atoms with Gasteiger partial charge in [-0.2, -0.15) is 5.10 Å². The number of pyridine rings is 1. The standard InChI is InChI=1S/C22H25N3O2/c1-2-25-21-18(14-23-25)17(13-15-9-5-3-6-10-15)19(22(26)27)20(24-21)16-11-7-4-8-12-16/h4,7-8,11-12,14-15H,2-3,5-6,9-10,13H2,1H3,(H,26,27). The fourth-order valence-electron chi connectivity index (χ4n) is 4.31. The monoisotopic (exact) mass is 363 g/mol. The van der Waals surface area contributed by atoms with E-state index in [0.717, 1.165) is 28.6 Å². The van der Waals surface area contributed by atoms with Crippen molar-refractivity contribution in [3.8, 4) is 11.3 Å². The average Bonchev–Trinajstić information content (AvgIpc) is 3.12. The van der Waals surface area contributed by atoms with Gasteiger partial charge in [-0.05, 0) is 24.8 Å². The van der Waals surface area contributed by atoms with Crippen LogP contribution < -0.4 is 0 Å². The Labute approximate surface area is 159 Å². The molecule has 1 fully saturated rings. The third kappa shape index (κ3) is 3.34. The summed E-state index contributed by atoms with van der Waals surface area (Å²) in [5.41, 5.74) is 3.42. The lowest BCUT2D eigenvalue weighted by molar-refractivity contribution is 0.0696. The number of carbonyl (C=O) groups is 1. The van der Waals surface area contributed by atoms with Crippen LogP contribution in [0.15, 0.2) is 36.5 Å². The zero-order chi connectivity index (χ0) is 18.8. The van der Waals surface area contributed by atoms with Crippen LogP contribution in [0.2, 0.25) is 0 Å². The third-order valence-electron chi connectivity index (χ3n) is 5.67. The lowest BCUT2D eigenvalue weighted by atomic mass is 9.82. The van der Waals surface area contributed by atoms with E-state index >= 15 is 0 Å². The molecule has 0 saturated heterocycles. The molecule has 0 atom stereocenters. The van der Waals surface area contributed by atoms with Gasteiger partial charge in [0.1, 0.15) is 0 Å². The molecule has 2 aromatic heterocycles. The van der Waals surface area contributed by atoms with Gasteiger partial charge in [-0.3, -0.25) is 0 Å². The van der Waals surface area contributed by atoms with Crippen LogP contribution in [0.1, 0.15) is 54.9 Å². The maximum Gasteiger partial charge on any atom is 0.338 e. The van der Waals surface area contributed by atoms with Crippen LogP contribution in [0.4, 0.5) is 0 Å². The minimum atomic E-state index is -0.904. The molecule has 0 bridgehead atoms. The Bertz CT molecular complexity index is 957. The number of benzene rings is 1. The van der Waals surface area contributed by atoms with Gasteiger partial charge in [0.05, 0.1) is 17.5 Å². The average molecular weight is 363 g/mol. The van der Waals surface area contributed by atoms with Crippen molar-refractivity contribution in [2.75, 3.05) is 0 Å². The van der Waals surface area contributed by atoms with E-state index < -0.39 is 5.97 Å². The second-order valence-electron chi connectivity index (χ2n) is 7.39. The molecule has 27 heavy (non-hydrogen) atoms. The molecule has 1 aliphatic carbocycles. The number of nitrogens with zero attached hydrogens (tertiary/aromatic N) is 3. The van der Waals surface area contributed by atoms with E-state index in [1.165, 1.54) is 32.1 Å². The molecule has 1 saturated carbocycles. The zero-order valence-electron chi connectivity index (χ0n) is 15.7. The van der Waals surface area contributed by atoms with Crippen molar-refractivity contribution < 1.29 is 9.90 Å². The molecule has 0 unspecified atom stereocenters. The summed E-state index contributed by atoms with van der Waals surface area (Å²) >= 11 is 0. The first-order valence-electron chi connectivity index (χ1n) is 9.86. The molecule has 0 amide bonds. The van der Waals surface area contributed by atoms with E-state index in [2.05, 4.69) is 5.10 Å². The van der Waals surface area contributed by atoms with Gasteiger partial charge in [-0.15, -0.1) is 0 Å². The molecule has 2 heterocycles. The number of carboxylic acid groups (broad SMARTS) is 1. The van der Waals surface area contributed by atoms with E-state index in [4.69, 9.17) is 4.98 Å². The fraction of sp³-hybridized carbons (Fsp3) is 0.409. The van der Waals surface area contributed by atoms with Crippen LogP contribution in [0.5, 0.6) is 0 Å². The summed E-state index contributed by atoms with van der Waals surface area (Å²) in [6, 6.07) is 9.63. The van der Waals surface area contributed by atoms with Gasteiger partial charge in [0.25, 0.3) is 0 Å². The first-order valence-corrected chi connectivity index (χ1v) is 9.86. The van der Waals surface area contributed by atoms with Crippen LogP contribution in [-0.4, -0.2) is 25.8 Å². The highest BCUT2D eigenvalue weighted by Crippen LogP contribution is 2.35. The predicted octanol–water partition coefficient (Wildman–Crippen LogP) is 4.94. The van der Waals surface area contributed by atoms with Crippen LogP contribution in [0.3, 0.4) is 0 Å². The number of hydrogen-bond donors (Lipinski definition) is 1. The number of aryl methyl sites for hydroxylation is 1. The lowest BCUT2D eigenvalue weighted by Crippen LogP contribution is -2.15. The molecule has 0 radical (unpaired) electrons. The summed E-state index contributed by atoms with van der Waals surface area (Å²) in [6.07, 6.45) is 8.69. The molecule has 1 N–H and O–H groups in total. The highest BCUT2D eigenvalue weighted by molar-refractivity contribution is 6.01. The van der Waals surface area contributed by atoms with E-state index in [9.17, 15) is 9.90 Å². The van der Waals surface area contributed by atoms with E-state index in [-0.39, 0.29) is 0 Å². The minimum absolute atomic E-state index is 0.343. The maximum absolute atomic E-state index is 12.3. The Hall–Kier alpha value is -2.69. The Morgan fingerprint density at radius 1 is 1.19 bits per heavy atom. The summed E-state index contributed by atoms with van der Waals surface area (Å²) in [5, 5.41) is 15.4. The molecule has 1 aliphatic rings. The molecule has 5 nitrogen and oxygen atoms in total. The summed E-state index contributed by atoms with van der Waals surface area (Å²) in [4.78, 5) is 17.1.